The third-order valence-electron chi connectivity index (χ3n) is 7.26. The molecule has 4 aromatic rings. The summed E-state index contributed by atoms with van der Waals surface area (Å²) in [6.07, 6.45) is 3.01. The van der Waals surface area contributed by atoms with Crippen LogP contribution < -0.4 is 10.5 Å². The molecular formula is C27H35N5O2S. The number of hydrogen-bond acceptors (Lipinski definition) is 5. The van der Waals surface area contributed by atoms with E-state index in [0.29, 0.717) is 23.8 Å². The van der Waals surface area contributed by atoms with Crippen LogP contribution in [0, 0.1) is 12.8 Å². The minimum Gasteiger partial charge on any atom is -0.494 e. The van der Waals surface area contributed by atoms with E-state index in [0.717, 1.165) is 54.9 Å². The van der Waals surface area contributed by atoms with E-state index >= 15 is 0 Å². The molecule has 2 atom stereocenters. The number of aryl methyl sites for hydroxylation is 2. The van der Waals surface area contributed by atoms with Gasteiger partial charge in [0.2, 0.25) is 0 Å². The van der Waals surface area contributed by atoms with E-state index in [1.54, 1.807) is 7.11 Å². The average Bonchev–Trinajstić information content (AvgIpc) is 3.48. The first kappa shape index (κ1) is 23.9. The maximum absolute atomic E-state index is 13.3. The number of thiophene rings is 1. The third-order valence-corrected chi connectivity index (χ3v) is 8.35. The Morgan fingerprint density at radius 2 is 2.11 bits per heavy atom. The van der Waals surface area contributed by atoms with Gasteiger partial charge in [-0.2, -0.15) is 0 Å². The topological polar surface area (TPSA) is 78.3 Å². The van der Waals surface area contributed by atoms with Crippen molar-refractivity contribution in [1.29, 1.82) is 0 Å². The molecule has 8 heteroatoms. The molecule has 0 radical (unpaired) electrons. The highest BCUT2D eigenvalue weighted by Crippen LogP contribution is 2.37. The molecule has 0 saturated carbocycles. The van der Waals surface area contributed by atoms with Crippen molar-refractivity contribution in [2.75, 3.05) is 20.2 Å². The van der Waals surface area contributed by atoms with Crippen LogP contribution >= 0.6 is 11.3 Å². The molecule has 0 aliphatic carbocycles. The zero-order chi connectivity index (χ0) is 24.9. The second kappa shape index (κ2) is 9.32. The van der Waals surface area contributed by atoms with E-state index in [1.807, 2.05) is 35.4 Å². The lowest BCUT2D eigenvalue weighted by molar-refractivity contribution is 0.0708. The standard InChI is InChI=1S/C27H35N5O2S/c1-6-16(2)14-32-22(12-19-10-17(3)35-27(19)32)25-29-21-11-18(13-23(34-5)24(21)30(25)4)26(33)31-9-7-8-20(28)15-31/h10-13,16,20H,6-9,14-15,28H2,1-5H3/t16?,20-/m1/s1. The summed E-state index contributed by atoms with van der Waals surface area (Å²) >= 11 is 1.83. The van der Waals surface area contributed by atoms with Gasteiger partial charge in [-0.3, -0.25) is 4.79 Å². The van der Waals surface area contributed by atoms with Crippen LogP contribution in [0.4, 0.5) is 0 Å². The minimum absolute atomic E-state index is 0.0105. The number of likely N-dealkylation sites (tertiary alicyclic amines) is 1. The first-order valence-electron chi connectivity index (χ1n) is 12.5. The summed E-state index contributed by atoms with van der Waals surface area (Å²) in [4.78, 5) is 22.8. The quantitative estimate of drug-likeness (QED) is 0.401. The van der Waals surface area contributed by atoms with Crippen LogP contribution in [0.15, 0.2) is 24.3 Å². The lowest BCUT2D eigenvalue weighted by atomic mass is 10.0. The van der Waals surface area contributed by atoms with Gasteiger partial charge in [0.15, 0.2) is 5.82 Å². The highest BCUT2D eigenvalue weighted by Gasteiger charge is 2.26. The summed E-state index contributed by atoms with van der Waals surface area (Å²) in [6.45, 7) is 8.95. The fourth-order valence-corrected chi connectivity index (χ4v) is 6.18. The first-order chi connectivity index (χ1) is 16.8. The zero-order valence-corrected chi connectivity index (χ0v) is 22.1. The van der Waals surface area contributed by atoms with Gasteiger partial charge in [0.25, 0.3) is 5.91 Å². The number of hydrogen-bond donors (Lipinski definition) is 1. The molecule has 7 nitrogen and oxygen atoms in total. The molecule has 1 saturated heterocycles. The van der Waals surface area contributed by atoms with E-state index < -0.39 is 0 Å². The molecule has 2 N–H and O–H groups in total. The van der Waals surface area contributed by atoms with Crippen LogP contribution in [0.2, 0.25) is 0 Å². The molecule has 1 unspecified atom stereocenters. The monoisotopic (exact) mass is 493 g/mol. The van der Waals surface area contributed by atoms with Crippen LogP contribution in [0.1, 0.15) is 48.3 Å². The smallest absolute Gasteiger partial charge is 0.254 e. The van der Waals surface area contributed by atoms with Gasteiger partial charge in [0.1, 0.15) is 16.1 Å². The van der Waals surface area contributed by atoms with Gasteiger partial charge in [-0.05, 0) is 49.9 Å². The lowest BCUT2D eigenvalue weighted by Gasteiger charge is -2.30. The Morgan fingerprint density at radius 3 is 2.83 bits per heavy atom. The van der Waals surface area contributed by atoms with Crippen molar-refractivity contribution in [3.8, 4) is 17.3 Å². The molecule has 3 aromatic heterocycles. The molecule has 1 aromatic carbocycles. The van der Waals surface area contributed by atoms with E-state index in [-0.39, 0.29) is 11.9 Å². The second-order valence-corrected chi connectivity index (χ2v) is 11.2. The summed E-state index contributed by atoms with van der Waals surface area (Å²) in [5, 5.41) is 1.25. The number of methoxy groups -OCH3 is 1. The number of carbonyl (C=O) groups excluding carboxylic acids is 1. The lowest BCUT2D eigenvalue weighted by Crippen LogP contribution is -2.45. The minimum atomic E-state index is -0.0105. The summed E-state index contributed by atoms with van der Waals surface area (Å²) in [5.41, 5.74) is 9.49. The summed E-state index contributed by atoms with van der Waals surface area (Å²) in [5.74, 6) is 2.08. The van der Waals surface area contributed by atoms with Gasteiger partial charge >= 0.3 is 0 Å². The zero-order valence-electron chi connectivity index (χ0n) is 21.3. The van der Waals surface area contributed by atoms with Gasteiger partial charge in [-0.15, -0.1) is 11.3 Å². The molecule has 1 amide bonds. The Bertz CT molecular complexity index is 1400. The van der Waals surface area contributed by atoms with Crippen molar-refractivity contribution in [3.05, 3.63) is 34.7 Å². The fraction of sp³-hybridized carbons (Fsp3) is 0.481. The van der Waals surface area contributed by atoms with E-state index in [2.05, 4.69) is 42.0 Å². The van der Waals surface area contributed by atoms with Crippen LogP contribution in [-0.2, 0) is 13.6 Å². The van der Waals surface area contributed by atoms with Gasteiger partial charge in [0, 0.05) is 48.6 Å². The van der Waals surface area contributed by atoms with Crippen molar-refractivity contribution in [2.45, 2.75) is 52.6 Å². The molecule has 0 spiro atoms. The second-order valence-electron chi connectivity index (χ2n) is 9.97. The molecule has 1 aliphatic heterocycles. The summed E-state index contributed by atoms with van der Waals surface area (Å²) in [7, 11) is 3.68. The Morgan fingerprint density at radius 1 is 1.31 bits per heavy atom. The normalized spacial score (nSPS) is 17.4. The van der Waals surface area contributed by atoms with E-state index in [9.17, 15) is 4.79 Å². The highest BCUT2D eigenvalue weighted by molar-refractivity contribution is 7.18. The van der Waals surface area contributed by atoms with Crippen molar-refractivity contribution in [2.24, 2.45) is 18.7 Å². The highest BCUT2D eigenvalue weighted by atomic mass is 32.1. The van der Waals surface area contributed by atoms with Crippen LogP contribution in [0.25, 0.3) is 32.8 Å². The molecule has 186 valence electrons. The van der Waals surface area contributed by atoms with Gasteiger partial charge in [0.05, 0.1) is 18.3 Å². The number of fused-ring (bicyclic) bond motifs is 2. The number of nitrogens with two attached hydrogens (primary N) is 1. The van der Waals surface area contributed by atoms with E-state index in [1.165, 1.54) is 15.1 Å². The SMILES string of the molecule is CCC(C)Cn1c(-c2nc3cc(C(=O)N4CCC[C@@H](N)C4)cc(OC)c3n2C)cc2cc(C)sc21. The molecule has 35 heavy (non-hydrogen) atoms. The van der Waals surface area contributed by atoms with E-state index in [4.69, 9.17) is 15.5 Å². The average molecular weight is 494 g/mol. The maximum atomic E-state index is 13.3. The third kappa shape index (κ3) is 4.23. The number of amides is 1. The predicted molar refractivity (Wildman–Crippen MR) is 143 cm³/mol. The number of nitrogens with zero attached hydrogens (tertiary/aromatic N) is 4. The van der Waals surface area contributed by atoms with Crippen molar-refractivity contribution in [1.82, 2.24) is 19.0 Å². The van der Waals surface area contributed by atoms with Gasteiger partial charge < -0.3 is 24.5 Å². The number of carbonyl (C=O) groups is 1. The molecular weight excluding hydrogens is 458 g/mol. The van der Waals surface area contributed by atoms with Crippen LogP contribution in [0.3, 0.4) is 0 Å². The number of aromatic nitrogens is 3. The number of imidazole rings is 1. The Hall–Kier alpha value is -2.84. The summed E-state index contributed by atoms with van der Waals surface area (Å²) in [6, 6.07) is 8.28. The van der Waals surface area contributed by atoms with Crippen LogP contribution in [-0.4, -0.2) is 51.2 Å². The van der Waals surface area contributed by atoms with Crippen molar-refractivity contribution < 1.29 is 9.53 Å². The Kier molecular flexibility index (Phi) is 6.36. The Labute approximate surface area is 210 Å². The molecule has 5 rings (SSSR count). The number of rotatable bonds is 6. The molecule has 4 heterocycles. The maximum Gasteiger partial charge on any atom is 0.254 e. The van der Waals surface area contributed by atoms with Crippen molar-refractivity contribution in [3.63, 3.8) is 0 Å². The van der Waals surface area contributed by atoms with Gasteiger partial charge in [-0.1, -0.05) is 20.3 Å². The summed E-state index contributed by atoms with van der Waals surface area (Å²) < 4.78 is 10.3. The number of piperidine rings is 1. The Balaban J connectivity index is 1.63. The largest absolute Gasteiger partial charge is 0.494 e. The first-order valence-corrected chi connectivity index (χ1v) is 13.3. The van der Waals surface area contributed by atoms with Gasteiger partial charge in [-0.25, -0.2) is 4.98 Å². The fourth-order valence-electron chi connectivity index (χ4n) is 5.17. The predicted octanol–water partition coefficient (Wildman–Crippen LogP) is 5.18. The number of ether oxygens (including phenoxy) is 1. The number of benzene rings is 1. The van der Waals surface area contributed by atoms with Crippen LogP contribution in [0.5, 0.6) is 5.75 Å². The molecule has 1 fully saturated rings. The molecule has 1 aliphatic rings. The molecule has 0 bridgehead atoms. The van der Waals surface area contributed by atoms with Crippen molar-refractivity contribution >= 4 is 38.5 Å².